The molecular formula is C29H36F2N4O. The van der Waals surface area contributed by atoms with Gasteiger partial charge < -0.3 is 4.90 Å². The van der Waals surface area contributed by atoms with Crippen molar-refractivity contribution in [3.05, 3.63) is 88.2 Å². The van der Waals surface area contributed by atoms with Gasteiger partial charge in [0.2, 0.25) is 5.91 Å². The lowest BCUT2D eigenvalue weighted by atomic mass is 9.96. The summed E-state index contributed by atoms with van der Waals surface area (Å²) in [4.78, 5) is 17.3. The first-order valence-corrected chi connectivity index (χ1v) is 12.8. The summed E-state index contributed by atoms with van der Waals surface area (Å²) >= 11 is 0. The van der Waals surface area contributed by atoms with E-state index >= 15 is 0 Å². The van der Waals surface area contributed by atoms with Crippen LogP contribution in [-0.4, -0.2) is 51.7 Å². The minimum absolute atomic E-state index is 0.124. The second-order valence-corrected chi connectivity index (χ2v) is 10.1. The Balaban J connectivity index is 1.40. The summed E-state index contributed by atoms with van der Waals surface area (Å²) in [5.41, 5.74) is 5.24. The van der Waals surface area contributed by atoms with Crippen LogP contribution in [0, 0.1) is 31.4 Å². The molecule has 0 bridgehead atoms. The van der Waals surface area contributed by atoms with Crippen molar-refractivity contribution in [2.75, 3.05) is 26.2 Å². The van der Waals surface area contributed by atoms with Crippen LogP contribution < -0.4 is 0 Å². The molecule has 1 fully saturated rings. The van der Waals surface area contributed by atoms with Crippen molar-refractivity contribution in [1.82, 2.24) is 19.6 Å². The molecule has 0 radical (unpaired) electrons. The quantitative estimate of drug-likeness (QED) is 0.427. The van der Waals surface area contributed by atoms with Gasteiger partial charge in [-0.3, -0.25) is 14.4 Å². The number of carbonyl (C=O) groups is 1. The van der Waals surface area contributed by atoms with E-state index in [4.69, 9.17) is 0 Å². The molecule has 0 unspecified atom stereocenters. The molecule has 1 aliphatic rings. The number of aromatic nitrogens is 2. The van der Waals surface area contributed by atoms with Gasteiger partial charge in [0.25, 0.3) is 0 Å². The fourth-order valence-corrected chi connectivity index (χ4v) is 5.14. The zero-order valence-electron chi connectivity index (χ0n) is 21.7. The Hall–Kier alpha value is -3.06. The van der Waals surface area contributed by atoms with Crippen molar-refractivity contribution in [1.29, 1.82) is 0 Å². The van der Waals surface area contributed by atoms with E-state index in [1.807, 2.05) is 11.8 Å². The van der Waals surface area contributed by atoms with Crippen molar-refractivity contribution in [2.24, 2.45) is 5.92 Å². The second-order valence-electron chi connectivity index (χ2n) is 10.1. The van der Waals surface area contributed by atoms with Gasteiger partial charge >= 0.3 is 0 Å². The zero-order valence-corrected chi connectivity index (χ0v) is 21.7. The first kappa shape index (κ1) is 26.0. The average Bonchev–Trinajstić information content (AvgIpc) is 3.12. The van der Waals surface area contributed by atoms with Crippen LogP contribution in [0.25, 0.3) is 0 Å². The molecule has 0 spiro atoms. The molecule has 1 amide bonds. The third kappa shape index (κ3) is 6.01. The minimum atomic E-state index is -0.285. The maximum Gasteiger partial charge on any atom is 0.222 e. The average molecular weight is 495 g/mol. The van der Waals surface area contributed by atoms with Crippen LogP contribution in [0.2, 0.25) is 0 Å². The number of piperazine rings is 1. The molecular weight excluding hydrogens is 458 g/mol. The molecule has 2 heterocycles. The summed E-state index contributed by atoms with van der Waals surface area (Å²) in [6, 6.07) is 12.8. The number of nitrogens with zero attached hydrogens (tertiary/aromatic N) is 4. The number of halogens is 2. The largest absolute Gasteiger partial charge is 0.340 e. The van der Waals surface area contributed by atoms with E-state index in [-0.39, 0.29) is 23.6 Å². The number of carbonyl (C=O) groups excluding carboxylic acids is 1. The van der Waals surface area contributed by atoms with Gasteiger partial charge in [-0.2, -0.15) is 5.10 Å². The van der Waals surface area contributed by atoms with Crippen LogP contribution in [0.15, 0.2) is 48.5 Å². The van der Waals surface area contributed by atoms with E-state index in [9.17, 15) is 13.6 Å². The fourth-order valence-electron chi connectivity index (χ4n) is 5.14. The Morgan fingerprint density at radius 3 is 1.92 bits per heavy atom. The van der Waals surface area contributed by atoms with Gasteiger partial charge in [0.15, 0.2) is 0 Å². The maximum atomic E-state index is 13.6. The molecule has 4 rings (SSSR count). The number of benzene rings is 2. The Labute approximate surface area is 212 Å². The van der Waals surface area contributed by atoms with Crippen molar-refractivity contribution in [3.8, 4) is 0 Å². The molecule has 0 saturated carbocycles. The summed E-state index contributed by atoms with van der Waals surface area (Å²) in [6.07, 6.45) is 1.16. The monoisotopic (exact) mass is 494 g/mol. The highest BCUT2D eigenvalue weighted by Crippen LogP contribution is 2.30. The Bertz CT molecular complexity index is 1120. The molecule has 7 heteroatoms. The molecule has 3 aromatic rings. The van der Waals surface area contributed by atoms with Crippen molar-refractivity contribution in [3.63, 3.8) is 0 Å². The topological polar surface area (TPSA) is 41.4 Å². The first-order valence-electron chi connectivity index (χ1n) is 12.8. The van der Waals surface area contributed by atoms with E-state index in [1.54, 1.807) is 24.3 Å². The van der Waals surface area contributed by atoms with Gasteiger partial charge in [-0.15, -0.1) is 0 Å². The van der Waals surface area contributed by atoms with Crippen LogP contribution in [0.4, 0.5) is 8.78 Å². The van der Waals surface area contributed by atoms with Crippen LogP contribution in [0.1, 0.15) is 54.4 Å². The van der Waals surface area contributed by atoms with Crippen LogP contribution in [0.3, 0.4) is 0 Å². The second kappa shape index (κ2) is 11.3. The normalized spacial score (nSPS) is 14.7. The molecule has 0 N–H and O–H groups in total. The number of hydrogen-bond donors (Lipinski definition) is 0. The summed E-state index contributed by atoms with van der Waals surface area (Å²) in [7, 11) is 0. The maximum absolute atomic E-state index is 13.6. The van der Waals surface area contributed by atoms with Gasteiger partial charge in [0.05, 0.1) is 11.7 Å². The zero-order chi connectivity index (χ0) is 25.8. The van der Waals surface area contributed by atoms with Crippen LogP contribution in [0.5, 0.6) is 0 Å². The van der Waals surface area contributed by atoms with Gasteiger partial charge in [-0.1, -0.05) is 38.1 Å². The van der Waals surface area contributed by atoms with E-state index in [0.29, 0.717) is 44.9 Å². The summed E-state index contributed by atoms with van der Waals surface area (Å²) in [6.45, 7) is 12.0. The number of hydrogen-bond acceptors (Lipinski definition) is 3. The smallest absolute Gasteiger partial charge is 0.222 e. The number of amides is 1. The van der Waals surface area contributed by atoms with E-state index < -0.39 is 0 Å². The standard InChI is InChI=1S/C29H36F2N4O/c1-20(2)19-35-22(4)27(21(3)32-35)13-14-28(36)33-15-17-34(18-16-33)29(23-5-9-25(30)10-6-23)24-7-11-26(31)12-8-24/h5-12,20,29H,13-19H2,1-4H3. The van der Waals surface area contributed by atoms with E-state index in [0.717, 1.165) is 29.1 Å². The summed E-state index contributed by atoms with van der Waals surface area (Å²) in [5, 5.41) is 4.68. The third-order valence-corrected chi connectivity index (χ3v) is 7.06. The van der Waals surface area contributed by atoms with Gasteiger partial charge in [-0.05, 0) is 67.1 Å². The van der Waals surface area contributed by atoms with Gasteiger partial charge in [-0.25, -0.2) is 8.78 Å². The van der Waals surface area contributed by atoms with Crippen molar-refractivity contribution < 1.29 is 13.6 Å². The molecule has 1 aliphatic heterocycles. The highest BCUT2D eigenvalue weighted by Gasteiger charge is 2.28. The van der Waals surface area contributed by atoms with Crippen LogP contribution >= 0.6 is 0 Å². The summed E-state index contributed by atoms with van der Waals surface area (Å²) in [5.74, 6) is 0.104. The molecule has 2 aromatic carbocycles. The number of rotatable bonds is 8. The molecule has 36 heavy (non-hydrogen) atoms. The van der Waals surface area contributed by atoms with Crippen molar-refractivity contribution >= 4 is 5.91 Å². The van der Waals surface area contributed by atoms with Gasteiger partial charge in [0.1, 0.15) is 11.6 Å². The third-order valence-electron chi connectivity index (χ3n) is 7.06. The first-order chi connectivity index (χ1) is 17.2. The Kier molecular flexibility index (Phi) is 8.19. The lowest BCUT2D eigenvalue weighted by molar-refractivity contribution is -0.133. The molecule has 1 saturated heterocycles. The molecule has 0 atom stereocenters. The lowest BCUT2D eigenvalue weighted by Gasteiger charge is -2.40. The van der Waals surface area contributed by atoms with Gasteiger partial charge in [0, 0.05) is 44.8 Å². The summed E-state index contributed by atoms with van der Waals surface area (Å²) < 4.78 is 29.2. The predicted octanol–water partition coefficient (Wildman–Crippen LogP) is 5.30. The minimum Gasteiger partial charge on any atom is -0.340 e. The van der Waals surface area contributed by atoms with E-state index in [1.165, 1.54) is 29.8 Å². The van der Waals surface area contributed by atoms with Crippen LogP contribution in [-0.2, 0) is 17.8 Å². The SMILES string of the molecule is Cc1nn(CC(C)C)c(C)c1CCC(=O)N1CCN(C(c2ccc(F)cc2)c2ccc(F)cc2)CC1. The Morgan fingerprint density at radius 2 is 1.42 bits per heavy atom. The molecule has 0 aliphatic carbocycles. The Morgan fingerprint density at radius 1 is 0.889 bits per heavy atom. The lowest BCUT2D eigenvalue weighted by Crippen LogP contribution is -2.49. The fraction of sp³-hybridized carbons (Fsp3) is 0.448. The highest BCUT2D eigenvalue weighted by atomic mass is 19.1. The number of aryl methyl sites for hydroxylation is 1. The molecule has 5 nitrogen and oxygen atoms in total. The van der Waals surface area contributed by atoms with Crippen molar-refractivity contribution in [2.45, 2.75) is 53.1 Å². The molecule has 192 valence electrons. The van der Waals surface area contributed by atoms with E-state index in [2.05, 4.69) is 35.5 Å². The predicted molar refractivity (Wildman–Crippen MR) is 138 cm³/mol. The molecule has 1 aromatic heterocycles. The highest BCUT2D eigenvalue weighted by molar-refractivity contribution is 5.76.